The van der Waals surface area contributed by atoms with E-state index >= 15 is 0 Å². The molecule has 2 aliphatic rings. The van der Waals surface area contributed by atoms with Gasteiger partial charge in [-0.3, -0.25) is 9.59 Å². The predicted octanol–water partition coefficient (Wildman–Crippen LogP) is 3.87. The molecule has 0 spiro atoms. The maximum Gasteiger partial charge on any atom is 0.254 e. The molecule has 192 valence electrons. The molecular formula is C29H30N2O6. The lowest BCUT2D eigenvalue weighted by Crippen LogP contribution is -2.50. The van der Waals surface area contributed by atoms with E-state index in [-0.39, 0.29) is 18.4 Å². The molecule has 8 nitrogen and oxygen atoms in total. The third-order valence-corrected chi connectivity index (χ3v) is 7.25. The normalized spacial score (nSPS) is 17.7. The van der Waals surface area contributed by atoms with E-state index < -0.39 is 12.0 Å². The third kappa shape index (κ3) is 4.22. The summed E-state index contributed by atoms with van der Waals surface area (Å²) < 4.78 is 21.9. The highest BCUT2D eigenvalue weighted by molar-refractivity contribution is 6.01. The molecule has 1 N–H and O–H groups in total. The first-order valence-electron chi connectivity index (χ1n) is 12.1. The lowest BCUT2D eigenvalue weighted by Gasteiger charge is -2.45. The van der Waals surface area contributed by atoms with Crippen molar-refractivity contribution >= 4 is 11.8 Å². The Balaban J connectivity index is 1.56. The number of rotatable bonds is 7. The molecule has 2 atom stereocenters. The van der Waals surface area contributed by atoms with Crippen molar-refractivity contribution in [3.63, 3.8) is 0 Å². The fourth-order valence-electron chi connectivity index (χ4n) is 5.45. The average molecular weight is 503 g/mol. The standard InChI is InChI=1S/C29H30N2O6/c1-34-19-9-10-23(35-2)18(13-19)16-30-28(32)26-20-7-5-6-8-21(20)29(33)31-12-11-17-14-24(36-3)25(37-4)15-22(17)27(26)31/h5-10,13-15,26-27H,11-12,16H2,1-4H3,(H,30,32). The van der Waals surface area contributed by atoms with Crippen molar-refractivity contribution in [2.24, 2.45) is 0 Å². The van der Waals surface area contributed by atoms with E-state index in [9.17, 15) is 9.59 Å². The molecule has 3 aromatic rings. The maximum absolute atomic E-state index is 14.0. The molecule has 0 radical (unpaired) electrons. The number of amides is 2. The summed E-state index contributed by atoms with van der Waals surface area (Å²) in [7, 11) is 6.37. The van der Waals surface area contributed by atoms with E-state index in [1.165, 1.54) is 0 Å². The van der Waals surface area contributed by atoms with Crippen molar-refractivity contribution in [3.05, 3.63) is 82.4 Å². The van der Waals surface area contributed by atoms with Crippen LogP contribution in [0.2, 0.25) is 0 Å². The van der Waals surface area contributed by atoms with Gasteiger partial charge in [-0.25, -0.2) is 0 Å². The lowest BCUT2D eigenvalue weighted by atomic mass is 9.75. The molecule has 0 saturated carbocycles. The Morgan fingerprint density at radius 1 is 0.892 bits per heavy atom. The summed E-state index contributed by atoms with van der Waals surface area (Å²) in [5.74, 6) is 1.66. The van der Waals surface area contributed by atoms with E-state index in [1.54, 1.807) is 34.5 Å². The summed E-state index contributed by atoms with van der Waals surface area (Å²) in [6.45, 7) is 0.755. The van der Waals surface area contributed by atoms with E-state index in [0.29, 0.717) is 47.1 Å². The van der Waals surface area contributed by atoms with E-state index in [2.05, 4.69) is 5.32 Å². The largest absolute Gasteiger partial charge is 0.497 e. The van der Waals surface area contributed by atoms with Crippen molar-refractivity contribution in [2.75, 3.05) is 35.0 Å². The Morgan fingerprint density at radius 3 is 2.35 bits per heavy atom. The minimum atomic E-state index is -0.609. The summed E-state index contributed by atoms with van der Waals surface area (Å²) in [6, 6.07) is 16.2. The van der Waals surface area contributed by atoms with Crippen LogP contribution in [-0.4, -0.2) is 51.7 Å². The Morgan fingerprint density at radius 2 is 1.62 bits per heavy atom. The first-order chi connectivity index (χ1) is 18.0. The second kappa shape index (κ2) is 10.0. The molecule has 0 bridgehead atoms. The Kier molecular flexibility index (Phi) is 6.65. The van der Waals surface area contributed by atoms with Gasteiger partial charge < -0.3 is 29.2 Å². The minimum absolute atomic E-state index is 0.0699. The Hall–Kier alpha value is -4.20. The van der Waals surface area contributed by atoms with E-state index in [0.717, 1.165) is 16.7 Å². The summed E-state index contributed by atoms with van der Waals surface area (Å²) in [4.78, 5) is 29.3. The topological polar surface area (TPSA) is 86.3 Å². The zero-order valence-corrected chi connectivity index (χ0v) is 21.4. The lowest BCUT2D eigenvalue weighted by molar-refractivity contribution is -0.124. The van der Waals surface area contributed by atoms with Gasteiger partial charge in [0, 0.05) is 24.2 Å². The molecule has 0 saturated heterocycles. The van der Waals surface area contributed by atoms with Crippen molar-refractivity contribution in [3.8, 4) is 23.0 Å². The number of nitrogens with zero attached hydrogens (tertiary/aromatic N) is 1. The van der Waals surface area contributed by atoms with Crippen LogP contribution in [0.25, 0.3) is 0 Å². The van der Waals surface area contributed by atoms with Gasteiger partial charge >= 0.3 is 0 Å². The number of hydrogen-bond donors (Lipinski definition) is 1. The average Bonchev–Trinajstić information content (AvgIpc) is 2.95. The fourth-order valence-corrected chi connectivity index (χ4v) is 5.45. The number of hydrogen-bond acceptors (Lipinski definition) is 6. The van der Waals surface area contributed by atoms with Crippen molar-refractivity contribution in [1.29, 1.82) is 0 Å². The highest BCUT2D eigenvalue weighted by Gasteiger charge is 2.46. The number of ether oxygens (including phenoxy) is 4. The van der Waals surface area contributed by atoms with Crippen LogP contribution in [0.15, 0.2) is 54.6 Å². The molecule has 2 amide bonds. The SMILES string of the molecule is COc1ccc(OC)c(CNC(=O)C2c3ccccc3C(=O)N3CCc4cc(OC)c(OC)cc4C23)c1. The van der Waals surface area contributed by atoms with Gasteiger partial charge in [0.25, 0.3) is 5.91 Å². The van der Waals surface area contributed by atoms with Crippen LogP contribution in [0.5, 0.6) is 23.0 Å². The fraction of sp³-hybridized carbons (Fsp3) is 0.310. The van der Waals surface area contributed by atoms with Crippen LogP contribution >= 0.6 is 0 Å². The maximum atomic E-state index is 14.0. The van der Waals surface area contributed by atoms with Crippen molar-refractivity contribution < 1.29 is 28.5 Å². The molecule has 8 heteroatoms. The summed E-state index contributed by atoms with van der Waals surface area (Å²) in [6.07, 6.45) is 0.662. The highest BCUT2D eigenvalue weighted by Crippen LogP contribution is 2.48. The second-order valence-corrected chi connectivity index (χ2v) is 9.06. The Labute approximate surface area is 216 Å². The van der Waals surface area contributed by atoms with E-state index in [1.807, 2.05) is 53.4 Å². The van der Waals surface area contributed by atoms with Crippen LogP contribution < -0.4 is 24.3 Å². The number of methoxy groups -OCH3 is 4. The number of carbonyl (C=O) groups is 2. The van der Waals surface area contributed by atoms with Crippen LogP contribution in [0.1, 0.15) is 44.6 Å². The molecule has 37 heavy (non-hydrogen) atoms. The van der Waals surface area contributed by atoms with Crippen molar-refractivity contribution in [1.82, 2.24) is 10.2 Å². The van der Waals surface area contributed by atoms with Crippen LogP contribution in [0, 0.1) is 0 Å². The molecule has 0 fully saturated rings. The molecule has 2 unspecified atom stereocenters. The highest BCUT2D eigenvalue weighted by atomic mass is 16.5. The summed E-state index contributed by atoms with van der Waals surface area (Å²) in [5.41, 5.74) is 4.00. The summed E-state index contributed by atoms with van der Waals surface area (Å²) in [5, 5.41) is 3.10. The number of nitrogens with one attached hydrogen (secondary N) is 1. The molecule has 0 aliphatic carbocycles. The van der Waals surface area contributed by atoms with Gasteiger partial charge in [-0.15, -0.1) is 0 Å². The zero-order chi connectivity index (χ0) is 26.1. The molecule has 2 heterocycles. The van der Waals surface area contributed by atoms with Crippen molar-refractivity contribution in [2.45, 2.75) is 24.9 Å². The molecular weight excluding hydrogens is 472 g/mol. The quantitative estimate of drug-likeness (QED) is 0.528. The van der Waals surface area contributed by atoms with Gasteiger partial charge in [-0.05, 0) is 59.5 Å². The second-order valence-electron chi connectivity index (χ2n) is 9.06. The summed E-state index contributed by atoms with van der Waals surface area (Å²) >= 11 is 0. The number of benzene rings is 3. The molecule has 5 rings (SSSR count). The van der Waals surface area contributed by atoms with Gasteiger partial charge in [0.1, 0.15) is 11.5 Å². The van der Waals surface area contributed by atoms with Gasteiger partial charge in [0.05, 0.1) is 40.4 Å². The Bertz CT molecular complexity index is 1350. The monoisotopic (exact) mass is 502 g/mol. The van der Waals surface area contributed by atoms with Gasteiger partial charge in [-0.1, -0.05) is 18.2 Å². The molecule has 2 aliphatic heterocycles. The number of fused-ring (bicyclic) bond motifs is 4. The first-order valence-corrected chi connectivity index (χ1v) is 12.1. The van der Waals surface area contributed by atoms with E-state index in [4.69, 9.17) is 18.9 Å². The minimum Gasteiger partial charge on any atom is -0.497 e. The third-order valence-electron chi connectivity index (χ3n) is 7.25. The first kappa shape index (κ1) is 24.5. The molecule has 3 aromatic carbocycles. The van der Waals surface area contributed by atoms with Gasteiger partial charge in [-0.2, -0.15) is 0 Å². The van der Waals surface area contributed by atoms with Crippen LogP contribution in [0.3, 0.4) is 0 Å². The predicted molar refractivity (Wildman–Crippen MR) is 138 cm³/mol. The van der Waals surface area contributed by atoms with Gasteiger partial charge in [0.2, 0.25) is 5.91 Å². The van der Waals surface area contributed by atoms with Crippen LogP contribution in [-0.2, 0) is 17.8 Å². The zero-order valence-electron chi connectivity index (χ0n) is 21.4. The smallest absolute Gasteiger partial charge is 0.254 e. The van der Waals surface area contributed by atoms with Crippen LogP contribution in [0.4, 0.5) is 0 Å². The number of carbonyl (C=O) groups excluding carboxylic acids is 2. The molecule has 0 aromatic heterocycles. The van der Waals surface area contributed by atoms with Gasteiger partial charge in [0.15, 0.2) is 11.5 Å².